The number of hydrogen-bond donors (Lipinski definition) is 1. The lowest BCUT2D eigenvalue weighted by Crippen LogP contribution is -2.18. The summed E-state index contributed by atoms with van der Waals surface area (Å²) in [6.07, 6.45) is 8.90. The van der Waals surface area contributed by atoms with Crippen molar-refractivity contribution in [3.05, 3.63) is 30.1 Å². The van der Waals surface area contributed by atoms with E-state index in [2.05, 4.69) is 15.8 Å². The van der Waals surface area contributed by atoms with Crippen molar-refractivity contribution in [1.82, 2.24) is 9.55 Å². The van der Waals surface area contributed by atoms with E-state index >= 15 is 0 Å². The first-order chi connectivity index (χ1) is 9.69. The molecule has 1 saturated carbocycles. The summed E-state index contributed by atoms with van der Waals surface area (Å²) in [5.41, 5.74) is 2.12. The minimum absolute atomic E-state index is 0.300. The first-order valence-electron chi connectivity index (χ1n) is 6.91. The second kappa shape index (κ2) is 5.48. The molecule has 1 aliphatic rings. The predicted octanol–water partition coefficient (Wildman–Crippen LogP) is 3.58. The standard InChI is InChI=1S/C15H18N2O2S/c1-20-12-5-3-11(4-6-12)17-9-16-13-8-10(15(18)19)2-7-14(13)17/h2,7-9,11-12H,3-6H2,1H3,(H,18,19). The molecule has 0 aliphatic heterocycles. The average Bonchev–Trinajstić information content (AvgIpc) is 2.90. The molecule has 1 N–H and O–H groups in total. The third kappa shape index (κ3) is 2.42. The van der Waals surface area contributed by atoms with Gasteiger partial charge in [0.2, 0.25) is 0 Å². The summed E-state index contributed by atoms with van der Waals surface area (Å²) in [6.45, 7) is 0. The SMILES string of the molecule is CSC1CCC(n2cnc3cc(C(=O)O)ccc32)CC1. The van der Waals surface area contributed by atoms with Crippen molar-refractivity contribution >= 4 is 28.8 Å². The van der Waals surface area contributed by atoms with Crippen molar-refractivity contribution in [2.45, 2.75) is 37.0 Å². The zero-order chi connectivity index (χ0) is 14.1. The van der Waals surface area contributed by atoms with E-state index in [0.29, 0.717) is 11.6 Å². The first-order valence-corrected chi connectivity index (χ1v) is 8.20. The molecule has 1 fully saturated rings. The first kappa shape index (κ1) is 13.5. The van der Waals surface area contributed by atoms with Gasteiger partial charge in [-0.1, -0.05) is 0 Å². The number of carboxylic acid groups (broad SMARTS) is 1. The summed E-state index contributed by atoms with van der Waals surface area (Å²) < 4.78 is 2.22. The van der Waals surface area contributed by atoms with E-state index < -0.39 is 5.97 Å². The summed E-state index contributed by atoms with van der Waals surface area (Å²) in [5, 5.41) is 9.81. The van der Waals surface area contributed by atoms with Crippen molar-refractivity contribution in [2.24, 2.45) is 0 Å². The lowest BCUT2D eigenvalue weighted by Gasteiger charge is -2.28. The maximum absolute atomic E-state index is 11.0. The van der Waals surface area contributed by atoms with Crippen LogP contribution in [0.5, 0.6) is 0 Å². The fourth-order valence-electron chi connectivity index (χ4n) is 3.01. The number of fused-ring (bicyclic) bond motifs is 1. The summed E-state index contributed by atoms with van der Waals surface area (Å²) in [7, 11) is 0. The van der Waals surface area contributed by atoms with Crippen molar-refractivity contribution in [1.29, 1.82) is 0 Å². The summed E-state index contributed by atoms with van der Waals surface area (Å²) in [6, 6.07) is 5.70. The fraction of sp³-hybridized carbons (Fsp3) is 0.467. The molecule has 0 atom stereocenters. The van der Waals surface area contributed by atoms with Crippen LogP contribution in [0.2, 0.25) is 0 Å². The van der Waals surface area contributed by atoms with Crippen LogP contribution in [0.1, 0.15) is 42.1 Å². The van der Waals surface area contributed by atoms with E-state index in [0.717, 1.165) is 16.3 Å². The number of carbonyl (C=O) groups is 1. The molecule has 1 aromatic heterocycles. The van der Waals surface area contributed by atoms with Crippen LogP contribution in [-0.2, 0) is 0 Å². The van der Waals surface area contributed by atoms with Crippen LogP contribution < -0.4 is 0 Å². The summed E-state index contributed by atoms with van der Waals surface area (Å²) in [5.74, 6) is -0.901. The summed E-state index contributed by atoms with van der Waals surface area (Å²) in [4.78, 5) is 15.4. The molecule has 0 saturated heterocycles. The molecule has 0 spiro atoms. The maximum atomic E-state index is 11.0. The highest BCUT2D eigenvalue weighted by molar-refractivity contribution is 7.99. The smallest absolute Gasteiger partial charge is 0.335 e. The minimum atomic E-state index is -0.901. The van der Waals surface area contributed by atoms with E-state index in [1.54, 1.807) is 12.1 Å². The van der Waals surface area contributed by atoms with Crippen LogP contribution >= 0.6 is 11.8 Å². The van der Waals surface area contributed by atoms with Gasteiger partial charge in [0.1, 0.15) is 0 Å². The van der Waals surface area contributed by atoms with Gasteiger partial charge in [-0.15, -0.1) is 0 Å². The highest BCUT2D eigenvalue weighted by Gasteiger charge is 2.22. The van der Waals surface area contributed by atoms with Crippen molar-refractivity contribution in [3.63, 3.8) is 0 Å². The molecule has 0 amide bonds. The number of benzene rings is 1. The van der Waals surface area contributed by atoms with Crippen molar-refractivity contribution in [3.8, 4) is 0 Å². The van der Waals surface area contributed by atoms with Gasteiger partial charge in [-0.25, -0.2) is 9.78 Å². The van der Waals surface area contributed by atoms with E-state index in [1.165, 1.54) is 25.7 Å². The Morgan fingerprint density at radius 2 is 2.10 bits per heavy atom. The number of nitrogens with zero attached hydrogens (tertiary/aromatic N) is 2. The van der Waals surface area contributed by atoms with Crippen LogP contribution in [0, 0.1) is 0 Å². The molecule has 20 heavy (non-hydrogen) atoms. The Balaban J connectivity index is 1.88. The van der Waals surface area contributed by atoms with Gasteiger partial charge in [-0.3, -0.25) is 0 Å². The average molecular weight is 290 g/mol. The highest BCUT2D eigenvalue weighted by atomic mass is 32.2. The van der Waals surface area contributed by atoms with E-state index in [-0.39, 0.29) is 0 Å². The van der Waals surface area contributed by atoms with Gasteiger partial charge in [-0.05, 0) is 50.1 Å². The van der Waals surface area contributed by atoms with E-state index in [4.69, 9.17) is 5.11 Å². The zero-order valence-electron chi connectivity index (χ0n) is 11.5. The molecule has 1 heterocycles. The quantitative estimate of drug-likeness (QED) is 0.938. The Hall–Kier alpha value is -1.49. The van der Waals surface area contributed by atoms with Gasteiger partial charge in [0.15, 0.2) is 0 Å². The maximum Gasteiger partial charge on any atom is 0.335 e. The Morgan fingerprint density at radius 3 is 2.75 bits per heavy atom. The fourth-order valence-corrected chi connectivity index (χ4v) is 3.76. The van der Waals surface area contributed by atoms with E-state index in [9.17, 15) is 4.79 Å². The number of rotatable bonds is 3. The molecule has 1 aromatic carbocycles. The molecule has 0 radical (unpaired) electrons. The molecule has 3 rings (SSSR count). The number of imidazole rings is 1. The van der Waals surface area contributed by atoms with E-state index in [1.807, 2.05) is 24.2 Å². The lowest BCUT2D eigenvalue weighted by molar-refractivity contribution is 0.0697. The largest absolute Gasteiger partial charge is 0.478 e. The molecule has 4 nitrogen and oxygen atoms in total. The topological polar surface area (TPSA) is 55.1 Å². The van der Waals surface area contributed by atoms with Crippen LogP contribution in [0.25, 0.3) is 11.0 Å². The number of aromatic nitrogens is 2. The number of aromatic carboxylic acids is 1. The number of thioether (sulfide) groups is 1. The number of carboxylic acids is 1. The third-order valence-electron chi connectivity index (χ3n) is 4.19. The zero-order valence-corrected chi connectivity index (χ0v) is 12.3. The molecule has 1 aliphatic carbocycles. The second-order valence-electron chi connectivity index (χ2n) is 5.33. The Bertz CT molecular complexity index is 630. The van der Waals surface area contributed by atoms with Crippen molar-refractivity contribution in [2.75, 3.05) is 6.26 Å². The van der Waals surface area contributed by atoms with Gasteiger partial charge in [0.25, 0.3) is 0 Å². The Kier molecular flexibility index (Phi) is 3.70. The minimum Gasteiger partial charge on any atom is -0.478 e. The molecule has 106 valence electrons. The van der Waals surface area contributed by atoms with Gasteiger partial charge >= 0.3 is 5.97 Å². The van der Waals surface area contributed by atoms with Gasteiger partial charge < -0.3 is 9.67 Å². The molecular weight excluding hydrogens is 272 g/mol. The van der Waals surface area contributed by atoms with Gasteiger partial charge in [0, 0.05) is 11.3 Å². The predicted molar refractivity (Wildman–Crippen MR) is 81.5 cm³/mol. The van der Waals surface area contributed by atoms with Gasteiger partial charge in [0.05, 0.1) is 22.9 Å². The lowest BCUT2D eigenvalue weighted by atomic mass is 9.94. The van der Waals surface area contributed by atoms with Crippen LogP contribution in [0.4, 0.5) is 0 Å². The summed E-state index contributed by atoms with van der Waals surface area (Å²) >= 11 is 1.96. The Labute approximate surface area is 122 Å². The molecular formula is C15H18N2O2S. The number of hydrogen-bond acceptors (Lipinski definition) is 3. The van der Waals surface area contributed by atoms with Crippen molar-refractivity contribution < 1.29 is 9.90 Å². The highest BCUT2D eigenvalue weighted by Crippen LogP contribution is 2.35. The van der Waals surface area contributed by atoms with Crippen LogP contribution in [0.3, 0.4) is 0 Å². The molecule has 2 aromatic rings. The van der Waals surface area contributed by atoms with Crippen LogP contribution in [-0.4, -0.2) is 32.1 Å². The van der Waals surface area contributed by atoms with Gasteiger partial charge in [-0.2, -0.15) is 11.8 Å². The molecule has 0 unspecified atom stereocenters. The normalized spacial score (nSPS) is 23.1. The monoisotopic (exact) mass is 290 g/mol. The molecule has 5 heteroatoms. The molecule has 0 bridgehead atoms. The third-order valence-corrected chi connectivity index (χ3v) is 5.33. The van der Waals surface area contributed by atoms with Crippen LogP contribution in [0.15, 0.2) is 24.5 Å². The second-order valence-corrected chi connectivity index (χ2v) is 6.46. The Morgan fingerprint density at radius 1 is 1.35 bits per heavy atom.